The summed E-state index contributed by atoms with van der Waals surface area (Å²) in [7, 11) is 1.38. The van der Waals surface area contributed by atoms with Crippen molar-refractivity contribution in [1.29, 1.82) is 0 Å². The monoisotopic (exact) mass is 270 g/mol. The van der Waals surface area contributed by atoms with Gasteiger partial charge < -0.3 is 9.47 Å². The van der Waals surface area contributed by atoms with E-state index in [2.05, 4.69) is 6.07 Å². The predicted molar refractivity (Wildman–Crippen MR) is 78.0 cm³/mol. The van der Waals surface area contributed by atoms with Crippen LogP contribution >= 0.6 is 0 Å². The third-order valence-corrected chi connectivity index (χ3v) is 3.01. The van der Waals surface area contributed by atoms with E-state index in [0.29, 0.717) is 12.2 Å². The maximum absolute atomic E-state index is 11.7. The van der Waals surface area contributed by atoms with E-state index in [4.69, 9.17) is 9.47 Å². The molecular weight excluding hydrogens is 252 g/mol. The van der Waals surface area contributed by atoms with E-state index in [1.165, 1.54) is 7.11 Å². The molecule has 0 spiro atoms. The maximum atomic E-state index is 11.7. The molecule has 0 amide bonds. The summed E-state index contributed by atoms with van der Waals surface area (Å²) in [6.45, 7) is 4.40. The van der Waals surface area contributed by atoms with Crippen LogP contribution in [0.15, 0.2) is 42.5 Å². The molecule has 0 atom stereocenters. The van der Waals surface area contributed by atoms with Gasteiger partial charge in [-0.05, 0) is 43.2 Å². The molecule has 0 heterocycles. The highest BCUT2D eigenvalue weighted by Crippen LogP contribution is 2.19. The summed E-state index contributed by atoms with van der Waals surface area (Å²) in [6, 6.07) is 13.4. The fourth-order valence-electron chi connectivity index (χ4n) is 2.13. The second-order valence-electron chi connectivity index (χ2n) is 4.76. The molecule has 2 aromatic carbocycles. The van der Waals surface area contributed by atoms with Gasteiger partial charge in [-0.3, -0.25) is 0 Å². The molecule has 0 saturated carbocycles. The van der Waals surface area contributed by atoms with E-state index in [1.807, 2.05) is 44.2 Å². The lowest BCUT2D eigenvalue weighted by atomic mass is 10.1. The first kappa shape index (κ1) is 14.1. The van der Waals surface area contributed by atoms with Crippen molar-refractivity contribution in [2.24, 2.45) is 0 Å². The molecule has 0 N–H and O–H groups in total. The Bertz CT molecular complexity index is 597. The van der Waals surface area contributed by atoms with Gasteiger partial charge in [-0.25, -0.2) is 4.79 Å². The SMILES string of the molecule is COC(=O)c1ccccc1COc1cc(C)cc(C)c1. The number of hydrogen-bond acceptors (Lipinski definition) is 3. The van der Waals surface area contributed by atoms with Crippen LogP contribution in [0, 0.1) is 13.8 Å². The minimum Gasteiger partial charge on any atom is -0.489 e. The summed E-state index contributed by atoms with van der Waals surface area (Å²) in [4.78, 5) is 11.7. The number of methoxy groups -OCH3 is 1. The number of ether oxygens (including phenoxy) is 2. The van der Waals surface area contributed by atoms with Gasteiger partial charge in [0.15, 0.2) is 0 Å². The smallest absolute Gasteiger partial charge is 0.338 e. The first-order valence-electron chi connectivity index (χ1n) is 6.47. The van der Waals surface area contributed by atoms with Crippen LogP contribution in [0.1, 0.15) is 27.0 Å². The lowest BCUT2D eigenvalue weighted by Crippen LogP contribution is -2.07. The quantitative estimate of drug-likeness (QED) is 0.795. The van der Waals surface area contributed by atoms with E-state index in [-0.39, 0.29) is 5.97 Å². The molecule has 0 aliphatic heterocycles. The molecule has 2 rings (SSSR count). The average molecular weight is 270 g/mol. The molecule has 3 nitrogen and oxygen atoms in total. The van der Waals surface area contributed by atoms with Crippen molar-refractivity contribution >= 4 is 5.97 Å². The third-order valence-electron chi connectivity index (χ3n) is 3.01. The average Bonchev–Trinajstić information content (AvgIpc) is 2.43. The highest BCUT2D eigenvalue weighted by atomic mass is 16.5. The van der Waals surface area contributed by atoms with Crippen molar-refractivity contribution in [3.8, 4) is 5.75 Å². The third kappa shape index (κ3) is 3.38. The van der Waals surface area contributed by atoms with Crippen molar-refractivity contribution in [2.75, 3.05) is 7.11 Å². The highest BCUT2D eigenvalue weighted by Gasteiger charge is 2.11. The fraction of sp³-hybridized carbons (Fsp3) is 0.235. The van der Waals surface area contributed by atoms with Gasteiger partial charge in [-0.1, -0.05) is 24.3 Å². The lowest BCUT2D eigenvalue weighted by molar-refractivity contribution is 0.0597. The number of aryl methyl sites for hydroxylation is 2. The first-order valence-corrected chi connectivity index (χ1v) is 6.47. The number of esters is 1. The van der Waals surface area contributed by atoms with Crippen molar-refractivity contribution < 1.29 is 14.3 Å². The summed E-state index contributed by atoms with van der Waals surface area (Å²) in [5, 5.41) is 0. The van der Waals surface area contributed by atoms with Crippen LogP contribution in [0.2, 0.25) is 0 Å². The van der Waals surface area contributed by atoms with Gasteiger partial charge in [0.25, 0.3) is 0 Å². The number of rotatable bonds is 4. The Balaban J connectivity index is 2.16. The molecule has 0 aromatic heterocycles. The van der Waals surface area contributed by atoms with Crippen LogP contribution in [0.25, 0.3) is 0 Å². The zero-order valence-corrected chi connectivity index (χ0v) is 12.0. The highest BCUT2D eigenvalue weighted by molar-refractivity contribution is 5.90. The van der Waals surface area contributed by atoms with E-state index in [0.717, 1.165) is 22.4 Å². The fourth-order valence-corrected chi connectivity index (χ4v) is 2.13. The Hall–Kier alpha value is -2.29. The summed E-state index contributed by atoms with van der Waals surface area (Å²) in [5.74, 6) is 0.465. The second kappa shape index (κ2) is 6.24. The van der Waals surface area contributed by atoms with E-state index in [1.54, 1.807) is 6.07 Å². The van der Waals surface area contributed by atoms with E-state index in [9.17, 15) is 4.79 Å². The Morgan fingerprint density at radius 3 is 2.35 bits per heavy atom. The van der Waals surface area contributed by atoms with Gasteiger partial charge in [-0.2, -0.15) is 0 Å². The molecule has 0 fully saturated rings. The molecule has 0 radical (unpaired) electrons. The van der Waals surface area contributed by atoms with Gasteiger partial charge in [0.1, 0.15) is 12.4 Å². The predicted octanol–water partition coefficient (Wildman–Crippen LogP) is 3.67. The molecule has 2 aromatic rings. The van der Waals surface area contributed by atoms with E-state index < -0.39 is 0 Å². The zero-order valence-electron chi connectivity index (χ0n) is 12.0. The number of carbonyl (C=O) groups is 1. The summed E-state index contributed by atoms with van der Waals surface area (Å²) in [6.07, 6.45) is 0. The van der Waals surface area contributed by atoms with Crippen LogP contribution in [0.5, 0.6) is 5.75 Å². The molecule has 0 bridgehead atoms. The van der Waals surface area contributed by atoms with Gasteiger partial charge in [0.05, 0.1) is 12.7 Å². The number of benzene rings is 2. The standard InChI is InChI=1S/C17H18O3/c1-12-8-13(2)10-15(9-12)20-11-14-6-4-5-7-16(14)17(18)19-3/h4-10H,11H2,1-3H3. The Morgan fingerprint density at radius 2 is 1.70 bits per heavy atom. The van der Waals surface area contributed by atoms with Crippen molar-refractivity contribution in [3.63, 3.8) is 0 Å². The summed E-state index contributed by atoms with van der Waals surface area (Å²) >= 11 is 0. The number of hydrogen-bond donors (Lipinski definition) is 0. The lowest BCUT2D eigenvalue weighted by Gasteiger charge is -2.11. The van der Waals surface area contributed by atoms with Gasteiger partial charge in [0.2, 0.25) is 0 Å². The molecule has 104 valence electrons. The Morgan fingerprint density at radius 1 is 1.05 bits per heavy atom. The van der Waals surface area contributed by atoms with Gasteiger partial charge in [-0.15, -0.1) is 0 Å². The van der Waals surface area contributed by atoms with Crippen LogP contribution < -0.4 is 4.74 Å². The number of carbonyl (C=O) groups excluding carboxylic acids is 1. The molecule has 0 saturated heterocycles. The zero-order chi connectivity index (χ0) is 14.5. The summed E-state index contributed by atoms with van der Waals surface area (Å²) < 4.78 is 10.6. The normalized spacial score (nSPS) is 10.2. The van der Waals surface area contributed by atoms with Crippen LogP contribution in [0.3, 0.4) is 0 Å². The second-order valence-corrected chi connectivity index (χ2v) is 4.76. The van der Waals surface area contributed by atoms with E-state index >= 15 is 0 Å². The first-order chi connectivity index (χ1) is 9.60. The van der Waals surface area contributed by atoms with Gasteiger partial charge >= 0.3 is 5.97 Å². The maximum Gasteiger partial charge on any atom is 0.338 e. The largest absolute Gasteiger partial charge is 0.489 e. The molecule has 0 aliphatic rings. The Labute approximate surface area is 119 Å². The summed E-state index contributed by atoms with van der Waals surface area (Å²) in [5.41, 5.74) is 3.67. The van der Waals surface area contributed by atoms with Crippen molar-refractivity contribution in [2.45, 2.75) is 20.5 Å². The van der Waals surface area contributed by atoms with Crippen LogP contribution in [0.4, 0.5) is 0 Å². The van der Waals surface area contributed by atoms with Gasteiger partial charge in [0, 0.05) is 5.56 Å². The minimum atomic E-state index is -0.343. The molecule has 0 aliphatic carbocycles. The minimum absolute atomic E-state index is 0.341. The molecule has 20 heavy (non-hydrogen) atoms. The Kier molecular flexibility index (Phi) is 4.41. The van der Waals surface area contributed by atoms with Crippen LogP contribution in [-0.4, -0.2) is 13.1 Å². The molecule has 3 heteroatoms. The molecule has 0 unspecified atom stereocenters. The topological polar surface area (TPSA) is 35.5 Å². The van der Waals surface area contributed by atoms with Crippen molar-refractivity contribution in [3.05, 3.63) is 64.7 Å². The van der Waals surface area contributed by atoms with Crippen LogP contribution in [-0.2, 0) is 11.3 Å². The molecular formula is C17H18O3. The van der Waals surface area contributed by atoms with Crippen molar-refractivity contribution in [1.82, 2.24) is 0 Å².